The molecule has 2 saturated heterocycles. The molecule has 1 aliphatic carbocycles. The number of nitrogens with one attached hydrogen (secondary N) is 1. The Hall–Kier alpha value is -2.37. The van der Waals surface area contributed by atoms with Gasteiger partial charge in [-0.3, -0.25) is 4.79 Å². The first-order valence-corrected chi connectivity index (χ1v) is 10.2. The summed E-state index contributed by atoms with van der Waals surface area (Å²) in [5.41, 5.74) is 1.40. The molecule has 144 valence electrons. The molecule has 3 amide bonds. The summed E-state index contributed by atoms with van der Waals surface area (Å²) in [6.45, 7) is 2.22. The summed E-state index contributed by atoms with van der Waals surface area (Å²) >= 11 is 0. The Morgan fingerprint density at radius 3 is 2.19 bits per heavy atom. The molecule has 1 spiro atoms. The normalized spacial score (nSPS) is 23.1. The van der Waals surface area contributed by atoms with Crippen LogP contribution in [0.1, 0.15) is 63.4 Å². The maximum Gasteiger partial charge on any atom is 0.346 e. The van der Waals surface area contributed by atoms with Crippen LogP contribution in [-0.4, -0.2) is 41.8 Å². The van der Waals surface area contributed by atoms with Crippen LogP contribution >= 0.6 is 0 Å². The summed E-state index contributed by atoms with van der Waals surface area (Å²) in [5, 5.41) is 8.08. The second-order valence-corrected chi connectivity index (χ2v) is 7.93. The van der Waals surface area contributed by atoms with E-state index in [0.717, 1.165) is 42.9 Å². The molecule has 1 N–H and O–H groups in total. The molecule has 0 unspecified atom stereocenters. The minimum atomic E-state index is -0.719. The van der Waals surface area contributed by atoms with E-state index in [9.17, 15) is 9.59 Å². The second kappa shape index (κ2) is 7.71. The van der Waals surface area contributed by atoms with Crippen molar-refractivity contribution in [2.24, 2.45) is 5.10 Å². The number of hydrazone groups is 1. The van der Waals surface area contributed by atoms with Crippen LogP contribution in [0.2, 0.25) is 0 Å². The number of rotatable bonds is 3. The van der Waals surface area contributed by atoms with Crippen molar-refractivity contribution in [3.05, 3.63) is 29.8 Å². The monoisotopic (exact) mass is 368 g/mol. The molecule has 6 heteroatoms. The van der Waals surface area contributed by atoms with Crippen molar-refractivity contribution in [3.8, 4) is 0 Å². The number of hydrogen-bond donors (Lipinski definition) is 1. The van der Waals surface area contributed by atoms with Crippen LogP contribution in [0.3, 0.4) is 0 Å². The summed E-state index contributed by atoms with van der Waals surface area (Å²) in [7, 11) is 0. The molecular formula is C21H28N4O2. The fraction of sp³-hybridized carbons (Fsp3) is 0.571. The first kappa shape index (κ1) is 18.0. The molecule has 6 nitrogen and oxygen atoms in total. The van der Waals surface area contributed by atoms with Gasteiger partial charge in [-0.15, -0.1) is 5.01 Å². The second-order valence-electron chi connectivity index (χ2n) is 7.93. The van der Waals surface area contributed by atoms with Crippen molar-refractivity contribution in [3.63, 3.8) is 0 Å². The van der Waals surface area contributed by atoms with Crippen LogP contribution in [-0.2, 0) is 4.79 Å². The molecule has 0 radical (unpaired) electrons. The molecule has 3 aliphatic rings. The number of urea groups is 1. The minimum absolute atomic E-state index is 0.204. The Kier molecular flexibility index (Phi) is 5.14. The van der Waals surface area contributed by atoms with Gasteiger partial charge in [0.25, 0.3) is 5.91 Å². The third-order valence-electron chi connectivity index (χ3n) is 6.03. The number of amides is 3. The molecule has 27 heavy (non-hydrogen) atoms. The van der Waals surface area contributed by atoms with Gasteiger partial charge in [0.15, 0.2) is 0 Å². The Bertz CT molecular complexity index is 714. The zero-order valence-corrected chi connectivity index (χ0v) is 15.8. The molecule has 0 aromatic heterocycles. The highest BCUT2D eigenvalue weighted by molar-refractivity contribution is 6.07. The van der Waals surface area contributed by atoms with E-state index in [1.54, 1.807) is 6.21 Å². The number of carbonyl (C=O) groups excluding carboxylic acids is 2. The third-order valence-corrected chi connectivity index (χ3v) is 6.03. The number of anilines is 1. The average molecular weight is 368 g/mol. The predicted octanol–water partition coefficient (Wildman–Crippen LogP) is 3.66. The Morgan fingerprint density at radius 2 is 1.52 bits per heavy atom. The largest absolute Gasteiger partial charge is 0.372 e. The van der Waals surface area contributed by atoms with E-state index in [2.05, 4.69) is 27.5 Å². The standard InChI is InChI=1S/C21H28N4O2/c26-19-21(12-4-3-5-13-21)23-20(27)25(19)22-16-17-8-10-18(11-9-17)24-14-6-1-2-7-15-24/h8-11,16H,1-7,12-15H2,(H,23,27)/b22-16-. The third kappa shape index (κ3) is 3.70. The molecule has 1 aromatic carbocycles. The van der Waals surface area contributed by atoms with Crippen molar-refractivity contribution < 1.29 is 9.59 Å². The van der Waals surface area contributed by atoms with Crippen molar-refractivity contribution in [2.75, 3.05) is 18.0 Å². The zero-order valence-electron chi connectivity index (χ0n) is 15.8. The van der Waals surface area contributed by atoms with Gasteiger partial charge in [-0.25, -0.2) is 4.79 Å². The molecule has 0 bridgehead atoms. The van der Waals surface area contributed by atoms with Gasteiger partial charge in [0.2, 0.25) is 0 Å². The van der Waals surface area contributed by atoms with E-state index in [4.69, 9.17) is 0 Å². The lowest BCUT2D eigenvalue weighted by Gasteiger charge is -2.29. The van der Waals surface area contributed by atoms with Crippen LogP contribution in [0.15, 0.2) is 29.4 Å². The van der Waals surface area contributed by atoms with Crippen LogP contribution in [0.4, 0.5) is 10.5 Å². The van der Waals surface area contributed by atoms with Gasteiger partial charge in [0.05, 0.1) is 6.21 Å². The number of imide groups is 1. The van der Waals surface area contributed by atoms with E-state index in [-0.39, 0.29) is 5.91 Å². The van der Waals surface area contributed by atoms with Crippen molar-refractivity contribution in [2.45, 2.75) is 63.3 Å². The van der Waals surface area contributed by atoms with E-state index in [1.807, 2.05) is 12.1 Å². The van der Waals surface area contributed by atoms with E-state index in [0.29, 0.717) is 12.8 Å². The summed E-state index contributed by atoms with van der Waals surface area (Å²) < 4.78 is 0. The van der Waals surface area contributed by atoms with Crippen molar-refractivity contribution >= 4 is 23.8 Å². The number of nitrogens with zero attached hydrogens (tertiary/aromatic N) is 3. The predicted molar refractivity (Wildman–Crippen MR) is 106 cm³/mol. The van der Waals surface area contributed by atoms with Gasteiger partial charge in [0.1, 0.15) is 5.54 Å². The van der Waals surface area contributed by atoms with E-state index in [1.165, 1.54) is 31.4 Å². The van der Waals surface area contributed by atoms with Gasteiger partial charge < -0.3 is 10.2 Å². The highest BCUT2D eigenvalue weighted by Crippen LogP contribution is 2.33. The van der Waals surface area contributed by atoms with Gasteiger partial charge in [-0.05, 0) is 43.4 Å². The average Bonchev–Trinajstić information content (AvgIpc) is 2.89. The summed E-state index contributed by atoms with van der Waals surface area (Å²) in [6, 6.07) is 7.79. The highest BCUT2D eigenvalue weighted by Gasteiger charge is 2.51. The fourth-order valence-electron chi connectivity index (χ4n) is 4.43. The molecule has 2 heterocycles. The first-order valence-electron chi connectivity index (χ1n) is 10.2. The molecule has 2 aliphatic heterocycles. The molecular weight excluding hydrogens is 340 g/mol. The number of carbonyl (C=O) groups is 2. The topological polar surface area (TPSA) is 65.0 Å². The van der Waals surface area contributed by atoms with Crippen LogP contribution in [0.5, 0.6) is 0 Å². The molecule has 0 atom stereocenters. The SMILES string of the molecule is O=C1NC2(CCCCC2)C(=O)N1/N=C\c1ccc(N2CCCCCC2)cc1. The first-order chi connectivity index (χ1) is 13.2. The number of hydrogen-bond acceptors (Lipinski definition) is 4. The Morgan fingerprint density at radius 1 is 0.889 bits per heavy atom. The van der Waals surface area contributed by atoms with Crippen LogP contribution < -0.4 is 10.2 Å². The molecule has 1 saturated carbocycles. The van der Waals surface area contributed by atoms with Crippen molar-refractivity contribution in [1.29, 1.82) is 0 Å². The van der Waals surface area contributed by atoms with Crippen LogP contribution in [0.25, 0.3) is 0 Å². The summed E-state index contributed by atoms with van der Waals surface area (Å²) in [4.78, 5) is 27.4. The van der Waals surface area contributed by atoms with Gasteiger partial charge in [-0.1, -0.05) is 44.2 Å². The lowest BCUT2D eigenvalue weighted by Crippen LogP contribution is -2.48. The summed E-state index contributed by atoms with van der Waals surface area (Å²) in [6.07, 6.45) is 11.2. The van der Waals surface area contributed by atoms with Crippen molar-refractivity contribution in [1.82, 2.24) is 10.3 Å². The molecule has 4 rings (SSSR count). The summed E-state index contributed by atoms with van der Waals surface area (Å²) in [5.74, 6) is -0.204. The van der Waals surface area contributed by atoms with E-state index >= 15 is 0 Å². The van der Waals surface area contributed by atoms with Gasteiger partial charge in [0, 0.05) is 18.8 Å². The molecule has 1 aromatic rings. The van der Waals surface area contributed by atoms with Gasteiger partial charge >= 0.3 is 6.03 Å². The van der Waals surface area contributed by atoms with E-state index < -0.39 is 11.6 Å². The van der Waals surface area contributed by atoms with Crippen LogP contribution in [0, 0.1) is 0 Å². The lowest BCUT2D eigenvalue weighted by atomic mass is 9.82. The Balaban J connectivity index is 1.43. The number of benzene rings is 1. The Labute approximate surface area is 160 Å². The quantitative estimate of drug-likeness (QED) is 0.654. The minimum Gasteiger partial charge on any atom is -0.372 e. The maximum atomic E-state index is 12.7. The lowest BCUT2D eigenvalue weighted by molar-refractivity contribution is -0.132. The maximum absolute atomic E-state index is 12.7. The van der Waals surface area contributed by atoms with Gasteiger partial charge in [-0.2, -0.15) is 5.10 Å². The smallest absolute Gasteiger partial charge is 0.346 e. The highest BCUT2D eigenvalue weighted by atomic mass is 16.2. The molecule has 3 fully saturated rings. The zero-order chi connectivity index (χ0) is 18.7. The fourth-order valence-corrected chi connectivity index (χ4v) is 4.43.